The third-order valence-electron chi connectivity index (χ3n) is 4.94. The van der Waals surface area contributed by atoms with Gasteiger partial charge in [0.05, 0.1) is 12.4 Å². The van der Waals surface area contributed by atoms with Crippen LogP contribution in [0.1, 0.15) is 31.8 Å². The molecule has 0 unspecified atom stereocenters. The molecule has 3 aromatic rings. The summed E-state index contributed by atoms with van der Waals surface area (Å²) in [4.78, 5) is 24.6. The number of ether oxygens (including phenoxy) is 4. The largest absolute Gasteiger partial charge is 0.454 e. The van der Waals surface area contributed by atoms with Crippen molar-refractivity contribution < 1.29 is 28.5 Å². The molecule has 0 atom stereocenters. The van der Waals surface area contributed by atoms with E-state index in [-0.39, 0.29) is 25.4 Å². The molecule has 0 radical (unpaired) electrons. The van der Waals surface area contributed by atoms with Crippen molar-refractivity contribution in [3.05, 3.63) is 82.9 Å². The van der Waals surface area contributed by atoms with Crippen LogP contribution in [0.2, 0.25) is 0 Å². The third-order valence-corrected chi connectivity index (χ3v) is 4.94. The quantitative estimate of drug-likeness (QED) is 0.433. The number of rotatable bonds is 6. The van der Waals surface area contributed by atoms with Crippen LogP contribution >= 0.6 is 0 Å². The molecular weight excluding hydrogens is 440 g/mol. The summed E-state index contributed by atoms with van der Waals surface area (Å²) in [6.45, 7) is 0.278. The summed E-state index contributed by atoms with van der Waals surface area (Å²) < 4.78 is 21.0. The first kappa shape index (κ1) is 21.0. The fourth-order valence-corrected chi connectivity index (χ4v) is 3.26. The fraction of sp³-hybridized carbons (Fsp3) is 0.0833. The Morgan fingerprint density at radius 2 is 1.12 bits per heavy atom. The summed E-state index contributed by atoms with van der Waals surface area (Å²) in [7, 11) is 0. The molecule has 2 N–H and O–H groups in total. The van der Waals surface area contributed by atoms with Gasteiger partial charge in [-0.1, -0.05) is 18.2 Å². The van der Waals surface area contributed by atoms with E-state index in [0.29, 0.717) is 34.1 Å². The number of hydrogen-bond acceptors (Lipinski definition) is 8. The number of nitrogens with zero attached hydrogens (tertiary/aromatic N) is 2. The predicted molar refractivity (Wildman–Crippen MR) is 122 cm³/mol. The van der Waals surface area contributed by atoms with Gasteiger partial charge in [-0.25, -0.2) is 10.9 Å². The number of benzene rings is 3. The number of hydrogen-bond donors (Lipinski definition) is 2. The molecule has 0 saturated heterocycles. The van der Waals surface area contributed by atoms with E-state index in [2.05, 4.69) is 21.1 Å². The van der Waals surface area contributed by atoms with Crippen molar-refractivity contribution in [1.82, 2.24) is 10.9 Å². The second kappa shape index (κ2) is 9.33. The maximum absolute atomic E-state index is 12.3. The van der Waals surface area contributed by atoms with E-state index in [4.69, 9.17) is 18.9 Å². The van der Waals surface area contributed by atoms with Gasteiger partial charge in [0.15, 0.2) is 23.0 Å². The summed E-state index contributed by atoms with van der Waals surface area (Å²) >= 11 is 0. The fourth-order valence-electron chi connectivity index (χ4n) is 3.26. The molecule has 34 heavy (non-hydrogen) atoms. The molecule has 0 aromatic heterocycles. The molecule has 0 bridgehead atoms. The number of carbonyl (C=O) groups is 2. The molecule has 10 heteroatoms. The Hall–Kier alpha value is -4.86. The molecule has 2 aliphatic rings. The molecule has 0 aliphatic carbocycles. The zero-order chi connectivity index (χ0) is 23.3. The van der Waals surface area contributed by atoms with Crippen LogP contribution in [0.15, 0.2) is 70.9 Å². The average molecular weight is 458 g/mol. The molecule has 0 fully saturated rings. The molecule has 5 rings (SSSR count). The van der Waals surface area contributed by atoms with Gasteiger partial charge in [-0.05, 0) is 53.6 Å². The van der Waals surface area contributed by atoms with Crippen molar-refractivity contribution in [2.75, 3.05) is 13.6 Å². The maximum Gasteiger partial charge on any atom is 0.271 e. The number of nitrogens with one attached hydrogen (secondary N) is 2. The Morgan fingerprint density at radius 1 is 0.647 bits per heavy atom. The number of hydrazone groups is 2. The van der Waals surface area contributed by atoms with Gasteiger partial charge in [0.1, 0.15) is 0 Å². The minimum atomic E-state index is -0.376. The van der Waals surface area contributed by atoms with Gasteiger partial charge in [0.2, 0.25) is 13.6 Å². The summed E-state index contributed by atoms with van der Waals surface area (Å²) in [5, 5.41) is 7.99. The van der Waals surface area contributed by atoms with Crippen LogP contribution in [0.4, 0.5) is 0 Å². The number of carbonyl (C=O) groups excluding carboxylic acids is 2. The Labute approximate surface area is 193 Å². The summed E-state index contributed by atoms with van der Waals surface area (Å²) in [6.07, 6.45) is 3.01. The van der Waals surface area contributed by atoms with E-state index in [1.54, 1.807) is 42.5 Å². The molecule has 10 nitrogen and oxygen atoms in total. The first-order chi connectivity index (χ1) is 16.7. The number of amides is 2. The van der Waals surface area contributed by atoms with Crippen molar-refractivity contribution in [2.45, 2.75) is 0 Å². The Bertz CT molecular complexity index is 1220. The lowest BCUT2D eigenvalue weighted by Gasteiger charge is -2.02. The van der Waals surface area contributed by atoms with E-state index < -0.39 is 0 Å². The minimum absolute atomic E-state index is 0.139. The van der Waals surface area contributed by atoms with Crippen molar-refractivity contribution in [3.63, 3.8) is 0 Å². The van der Waals surface area contributed by atoms with Crippen molar-refractivity contribution in [3.8, 4) is 23.0 Å². The molecule has 2 heterocycles. The molecule has 2 amide bonds. The molecule has 2 aliphatic heterocycles. The summed E-state index contributed by atoms with van der Waals surface area (Å²) in [6, 6.07) is 17.1. The first-order valence-electron chi connectivity index (χ1n) is 10.2. The van der Waals surface area contributed by atoms with E-state index >= 15 is 0 Å². The van der Waals surface area contributed by atoms with Crippen molar-refractivity contribution in [2.24, 2.45) is 10.2 Å². The molecular formula is C24H18N4O6. The van der Waals surface area contributed by atoms with Crippen LogP contribution in [0, 0.1) is 0 Å². The van der Waals surface area contributed by atoms with Crippen LogP contribution in [-0.2, 0) is 0 Å². The van der Waals surface area contributed by atoms with Crippen LogP contribution in [-0.4, -0.2) is 37.8 Å². The minimum Gasteiger partial charge on any atom is -0.454 e. The zero-order valence-corrected chi connectivity index (χ0v) is 17.7. The Balaban J connectivity index is 1.16. The van der Waals surface area contributed by atoms with Gasteiger partial charge < -0.3 is 18.9 Å². The second-order valence-corrected chi connectivity index (χ2v) is 7.20. The molecule has 0 spiro atoms. The summed E-state index contributed by atoms with van der Waals surface area (Å²) in [5.74, 6) is 1.50. The van der Waals surface area contributed by atoms with Crippen LogP contribution in [0.5, 0.6) is 23.0 Å². The lowest BCUT2D eigenvalue weighted by atomic mass is 10.1. The molecule has 170 valence electrons. The van der Waals surface area contributed by atoms with Gasteiger partial charge in [0, 0.05) is 11.1 Å². The second-order valence-electron chi connectivity index (χ2n) is 7.20. The van der Waals surface area contributed by atoms with Gasteiger partial charge in [-0.3, -0.25) is 9.59 Å². The Kier molecular flexibility index (Phi) is 5.76. The van der Waals surface area contributed by atoms with E-state index in [9.17, 15) is 9.59 Å². The average Bonchev–Trinajstić information content (AvgIpc) is 3.52. The monoisotopic (exact) mass is 458 g/mol. The predicted octanol–water partition coefficient (Wildman–Crippen LogP) is 2.67. The highest BCUT2D eigenvalue weighted by Gasteiger charge is 2.17. The lowest BCUT2D eigenvalue weighted by molar-refractivity contribution is 0.0947. The highest BCUT2D eigenvalue weighted by molar-refractivity contribution is 5.96. The third kappa shape index (κ3) is 4.65. The maximum atomic E-state index is 12.3. The van der Waals surface area contributed by atoms with Crippen LogP contribution in [0.3, 0.4) is 0 Å². The summed E-state index contributed by atoms with van der Waals surface area (Å²) in [5.41, 5.74) is 7.23. The van der Waals surface area contributed by atoms with E-state index in [1.807, 2.05) is 18.2 Å². The van der Waals surface area contributed by atoms with Gasteiger partial charge in [0.25, 0.3) is 11.8 Å². The SMILES string of the molecule is O=C(NN=Cc1cccc(C=NNC(=O)c2ccc3c(c2)OCO3)c1)c1ccc2c(c1)OCO2. The molecule has 0 saturated carbocycles. The van der Waals surface area contributed by atoms with E-state index in [1.165, 1.54) is 12.4 Å². The highest BCUT2D eigenvalue weighted by Crippen LogP contribution is 2.33. The Morgan fingerprint density at radius 3 is 1.62 bits per heavy atom. The van der Waals surface area contributed by atoms with Gasteiger partial charge >= 0.3 is 0 Å². The van der Waals surface area contributed by atoms with E-state index in [0.717, 1.165) is 11.1 Å². The molecule has 3 aromatic carbocycles. The smallest absolute Gasteiger partial charge is 0.271 e. The van der Waals surface area contributed by atoms with Crippen molar-refractivity contribution in [1.29, 1.82) is 0 Å². The lowest BCUT2D eigenvalue weighted by Crippen LogP contribution is -2.17. The first-order valence-corrected chi connectivity index (χ1v) is 10.2. The van der Waals surface area contributed by atoms with Gasteiger partial charge in [-0.15, -0.1) is 0 Å². The van der Waals surface area contributed by atoms with Crippen LogP contribution in [0.25, 0.3) is 0 Å². The van der Waals surface area contributed by atoms with Crippen LogP contribution < -0.4 is 29.8 Å². The van der Waals surface area contributed by atoms with Gasteiger partial charge in [-0.2, -0.15) is 10.2 Å². The number of fused-ring (bicyclic) bond motifs is 2. The zero-order valence-electron chi connectivity index (χ0n) is 17.7. The highest BCUT2D eigenvalue weighted by atomic mass is 16.7. The topological polar surface area (TPSA) is 120 Å². The normalized spacial score (nSPS) is 13.4. The standard InChI is InChI=1S/C24H18N4O6/c29-23(17-4-6-19-21(9-17)33-13-31-19)27-25-11-15-2-1-3-16(8-15)12-26-28-24(30)18-5-7-20-22(10-18)34-14-32-20/h1-12H,13-14H2,(H,27,29)(H,28,30). The van der Waals surface area contributed by atoms with Crippen molar-refractivity contribution >= 4 is 24.2 Å².